The first-order chi connectivity index (χ1) is 26.0. The number of ketones is 2. The Hall–Kier alpha value is -3.20. The number of phenolic OH excluding ortho intramolecular Hbond substituents is 1. The SMILES string of the molecule is CO[C@@H](CC/C=C\CCCCC(=O)CCCCC(=O)CCCCCCCCCCO[C@@H]1O[C@H](C(=O)O)[C@@H](O)[C@H](O)[C@H]1O)C(=O)NCCc1ccc(O)cc1. The van der Waals surface area contributed by atoms with Crippen molar-refractivity contribution >= 4 is 23.4 Å². The zero-order valence-electron chi connectivity index (χ0n) is 32.1. The zero-order chi connectivity index (χ0) is 39.6. The number of carboxylic acids is 1. The Bertz CT molecular complexity index is 1240. The largest absolute Gasteiger partial charge is 0.508 e. The first-order valence-corrected chi connectivity index (χ1v) is 19.8. The first-order valence-electron chi connectivity index (χ1n) is 19.8. The fourth-order valence-corrected chi connectivity index (χ4v) is 6.30. The lowest BCUT2D eigenvalue weighted by Gasteiger charge is -2.38. The second kappa shape index (κ2) is 28.2. The van der Waals surface area contributed by atoms with Gasteiger partial charge in [0, 0.05) is 45.9 Å². The molecule has 1 saturated heterocycles. The van der Waals surface area contributed by atoms with Crippen LogP contribution in [-0.4, -0.2) is 106 Å². The molecule has 6 atom stereocenters. The number of carboxylic acid groups (broad SMARTS) is 1. The molecule has 1 amide bonds. The number of hydrogen-bond donors (Lipinski definition) is 6. The Labute approximate surface area is 320 Å². The minimum atomic E-state index is -1.73. The molecule has 1 aromatic rings. The van der Waals surface area contributed by atoms with Gasteiger partial charge < -0.3 is 45.1 Å². The third-order valence-corrected chi connectivity index (χ3v) is 9.67. The van der Waals surface area contributed by atoms with Gasteiger partial charge in [-0.05, 0) is 81.9 Å². The van der Waals surface area contributed by atoms with Gasteiger partial charge in [0.25, 0.3) is 0 Å². The molecule has 0 spiro atoms. The van der Waals surface area contributed by atoms with E-state index in [0.717, 1.165) is 89.0 Å². The number of allylic oxidation sites excluding steroid dienone is 2. The highest BCUT2D eigenvalue weighted by Gasteiger charge is 2.47. The number of aromatic hydroxyl groups is 1. The third-order valence-electron chi connectivity index (χ3n) is 9.67. The van der Waals surface area contributed by atoms with Crippen LogP contribution in [0.4, 0.5) is 0 Å². The summed E-state index contributed by atoms with van der Waals surface area (Å²) in [5.41, 5.74) is 1.03. The lowest BCUT2D eigenvalue weighted by atomic mass is 9.99. The van der Waals surface area contributed by atoms with Gasteiger partial charge in [-0.1, -0.05) is 62.8 Å². The summed E-state index contributed by atoms with van der Waals surface area (Å²) in [7, 11) is 1.54. The monoisotopic (exact) mass is 763 g/mol. The molecule has 0 saturated carbocycles. The van der Waals surface area contributed by atoms with E-state index in [1.807, 2.05) is 12.1 Å². The van der Waals surface area contributed by atoms with E-state index < -0.39 is 42.8 Å². The minimum Gasteiger partial charge on any atom is -0.508 e. The Balaban J connectivity index is 1.35. The van der Waals surface area contributed by atoms with Gasteiger partial charge in [-0.2, -0.15) is 0 Å². The number of benzene rings is 1. The average Bonchev–Trinajstić information content (AvgIpc) is 3.15. The number of amides is 1. The molecule has 0 bridgehead atoms. The van der Waals surface area contributed by atoms with Crippen LogP contribution in [0.1, 0.15) is 128 Å². The molecule has 54 heavy (non-hydrogen) atoms. The standard InChI is InChI=1S/C41H65NO12/c1-52-34(39(49)42-28-27-30-23-25-33(45)26-24-30)22-14-10-6-5-9-13-19-32(44)21-16-15-20-31(43)18-12-8-4-2-3-7-11-17-29-53-41-37(48)35(46)36(47)38(54-41)40(50)51/h6,10,23-26,34-38,41,45-48H,2-5,7-9,11-22,27-29H2,1H3,(H,42,49)(H,50,51)/b10-6-/t34-,35-,36-,37+,38-,41+/m0/s1. The molecule has 1 fully saturated rings. The van der Waals surface area contributed by atoms with Gasteiger partial charge in [0.05, 0.1) is 0 Å². The fraction of sp³-hybridized carbons (Fsp3) is 0.707. The highest BCUT2D eigenvalue weighted by Crippen LogP contribution is 2.23. The van der Waals surface area contributed by atoms with Crippen LogP contribution in [0.5, 0.6) is 5.75 Å². The number of unbranched alkanes of at least 4 members (excludes halogenated alkanes) is 10. The lowest BCUT2D eigenvalue weighted by Crippen LogP contribution is -2.60. The van der Waals surface area contributed by atoms with Crippen LogP contribution < -0.4 is 5.32 Å². The zero-order valence-corrected chi connectivity index (χ0v) is 32.1. The topological polar surface area (TPSA) is 209 Å². The number of carbonyl (C=O) groups excluding carboxylic acids is 3. The van der Waals surface area contributed by atoms with Crippen molar-refractivity contribution in [2.75, 3.05) is 20.3 Å². The highest BCUT2D eigenvalue weighted by molar-refractivity contribution is 5.81. The van der Waals surface area contributed by atoms with E-state index in [0.29, 0.717) is 51.5 Å². The Morgan fingerprint density at radius 2 is 1.28 bits per heavy atom. The molecule has 0 aromatic heterocycles. The van der Waals surface area contributed by atoms with Crippen molar-refractivity contribution in [3.63, 3.8) is 0 Å². The van der Waals surface area contributed by atoms with Gasteiger partial charge in [0.1, 0.15) is 41.7 Å². The van der Waals surface area contributed by atoms with Gasteiger partial charge in [0.2, 0.25) is 5.91 Å². The molecule has 306 valence electrons. The predicted octanol–water partition coefficient (Wildman–Crippen LogP) is 5.08. The lowest BCUT2D eigenvalue weighted by molar-refractivity contribution is -0.294. The van der Waals surface area contributed by atoms with Crippen molar-refractivity contribution in [2.24, 2.45) is 0 Å². The van der Waals surface area contributed by atoms with Crippen molar-refractivity contribution in [3.8, 4) is 5.75 Å². The normalized spacial score (nSPS) is 20.6. The molecule has 1 aliphatic rings. The quantitative estimate of drug-likeness (QED) is 0.0432. The van der Waals surface area contributed by atoms with E-state index in [4.69, 9.17) is 19.3 Å². The molecule has 0 unspecified atom stereocenters. The van der Waals surface area contributed by atoms with Crippen LogP contribution in [0.2, 0.25) is 0 Å². The number of aliphatic hydroxyl groups excluding tert-OH is 3. The minimum absolute atomic E-state index is 0.131. The maximum atomic E-state index is 12.4. The first kappa shape index (κ1) is 47.0. The van der Waals surface area contributed by atoms with E-state index >= 15 is 0 Å². The molecule has 6 N–H and O–H groups in total. The number of phenols is 1. The molecule has 1 aliphatic heterocycles. The summed E-state index contributed by atoms with van der Waals surface area (Å²) in [6.45, 7) is 0.735. The smallest absolute Gasteiger partial charge is 0.335 e. The number of methoxy groups -OCH3 is 1. The van der Waals surface area contributed by atoms with Crippen molar-refractivity contribution in [3.05, 3.63) is 42.0 Å². The number of hydrogen-bond acceptors (Lipinski definition) is 11. The average molecular weight is 764 g/mol. The molecule has 13 heteroatoms. The highest BCUT2D eigenvalue weighted by atomic mass is 16.7. The Morgan fingerprint density at radius 3 is 1.87 bits per heavy atom. The number of aliphatic hydroxyl groups is 3. The molecule has 1 aromatic carbocycles. The number of carbonyl (C=O) groups is 4. The van der Waals surface area contributed by atoms with Gasteiger partial charge in [-0.15, -0.1) is 0 Å². The molecule has 13 nitrogen and oxygen atoms in total. The van der Waals surface area contributed by atoms with E-state index in [-0.39, 0.29) is 29.8 Å². The van der Waals surface area contributed by atoms with Crippen molar-refractivity contribution in [1.29, 1.82) is 0 Å². The van der Waals surface area contributed by atoms with Crippen molar-refractivity contribution in [2.45, 2.75) is 165 Å². The van der Waals surface area contributed by atoms with Crippen LogP contribution >= 0.6 is 0 Å². The summed E-state index contributed by atoms with van der Waals surface area (Å²) >= 11 is 0. The van der Waals surface area contributed by atoms with Crippen molar-refractivity contribution in [1.82, 2.24) is 5.32 Å². The van der Waals surface area contributed by atoms with Crippen LogP contribution in [-0.2, 0) is 39.8 Å². The molecule has 2 rings (SSSR count). The number of rotatable bonds is 31. The van der Waals surface area contributed by atoms with E-state index in [2.05, 4.69) is 17.5 Å². The summed E-state index contributed by atoms with van der Waals surface area (Å²) in [5.74, 6) is -0.828. The number of aliphatic carboxylic acids is 1. The van der Waals surface area contributed by atoms with E-state index in [9.17, 15) is 39.6 Å². The summed E-state index contributed by atoms with van der Waals surface area (Å²) in [4.78, 5) is 48.1. The number of nitrogens with one attached hydrogen (secondary N) is 1. The number of ether oxygens (including phenoxy) is 3. The van der Waals surface area contributed by atoms with E-state index in [1.165, 1.54) is 7.11 Å². The van der Waals surface area contributed by atoms with Crippen LogP contribution in [0, 0.1) is 0 Å². The maximum absolute atomic E-state index is 12.4. The summed E-state index contributed by atoms with van der Waals surface area (Å²) < 4.78 is 15.9. The maximum Gasteiger partial charge on any atom is 0.335 e. The van der Waals surface area contributed by atoms with Crippen LogP contribution in [0.3, 0.4) is 0 Å². The van der Waals surface area contributed by atoms with Crippen LogP contribution in [0.25, 0.3) is 0 Å². The predicted molar refractivity (Wildman–Crippen MR) is 203 cm³/mol. The third kappa shape index (κ3) is 19.9. The second-order valence-corrected chi connectivity index (χ2v) is 14.2. The van der Waals surface area contributed by atoms with Crippen LogP contribution in [0.15, 0.2) is 36.4 Å². The summed E-state index contributed by atoms with van der Waals surface area (Å²) in [6.07, 6.45) is 11.8. The summed E-state index contributed by atoms with van der Waals surface area (Å²) in [6, 6.07) is 6.92. The fourth-order valence-electron chi connectivity index (χ4n) is 6.30. The van der Waals surface area contributed by atoms with E-state index in [1.54, 1.807) is 12.1 Å². The summed E-state index contributed by atoms with van der Waals surface area (Å²) in [5, 5.41) is 50.9. The Morgan fingerprint density at radius 1 is 0.741 bits per heavy atom. The van der Waals surface area contributed by atoms with Crippen molar-refractivity contribution < 1.29 is 58.9 Å². The Kier molecular flexibility index (Phi) is 24.6. The molecule has 0 radical (unpaired) electrons. The van der Waals surface area contributed by atoms with Gasteiger partial charge in [-0.3, -0.25) is 14.4 Å². The second-order valence-electron chi connectivity index (χ2n) is 14.2. The molecule has 0 aliphatic carbocycles. The molecule has 1 heterocycles. The van der Waals surface area contributed by atoms with Gasteiger partial charge in [-0.25, -0.2) is 4.79 Å². The van der Waals surface area contributed by atoms with Gasteiger partial charge in [0.15, 0.2) is 12.4 Å². The molecular formula is C41H65NO12. The number of Topliss-reactive ketones (excluding diaryl/α,β-unsaturated/α-hetero) is 2. The van der Waals surface area contributed by atoms with Gasteiger partial charge >= 0.3 is 5.97 Å². The molecular weight excluding hydrogens is 698 g/mol.